The first-order valence-electron chi connectivity index (χ1n) is 6.82. The summed E-state index contributed by atoms with van der Waals surface area (Å²) in [4.78, 5) is 10.7. The van der Waals surface area contributed by atoms with Crippen LogP contribution in [0.3, 0.4) is 0 Å². The average molecular weight is 359 g/mol. The Morgan fingerprint density at radius 1 is 1.40 bits per heavy atom. The molecule has 1 saturated carbocycles. The second-order valence-electron chi connectivity index (χ2n) is 5.15. The Bertz CT molecular complexity index is 525. The van der Waals surface area contributed by atoms with Crippen LogP contribution in [-0.2, 0) is 0 Å². The van der Waals surface area contributed by atoms with Gasteiger partial charge in [0.2, 0.25) is 0 Å². The smallest absolute Gasteiger partial charge is 0.258 e. The summed E-state index contributed by atoms with van der Waals surface area (Å²) in [5.74, 6) is 0.529. The Balaban J connectivity index is 2.35. The molecule has 3 nitrogen and oxygen atoms in total. The van der Waals surface area contributed by atoms with Crippen molar-refractivity contribution >= 4 is 39.3 Å². The van der Waals surface area contributed by atoms with E-state index >= 15 is 0 Å². The molecule has 0 N–H and O–H groups in total. The van der Waals surface area contributed by atoms with Crippen LogP contribution in [0.1, 0.15) is 37.7 Å². The SMILES string of the molecule is O=[N+]([O-])c1ccc(Cl)cc1/C=C(/CBr)C1CCCCC1. The summed E-state index contributed by atoms with van der Waals surface area (Å²) in [7, 11) is 0. The molecule has 0 aliphatic heterocycles. The van der Waals surface area contributed by atoms with Crippen molar-refractivity contribution in [2.45, 2.75) is 32.1 Å². The van der Waals surface area contributed by atoms with Crippen LogP contribution in [0, 0.1) is 16.0 Å². The number of nitrogens with zero attached hydrogens (tertiary/aromatic N) is 1. The predicted octanol–water partition coefficient (Wildman–Crippen LogP) is 5.61. The van der Waals surface area contributed by atoms with Crippen LogP contribution in [0.2, 0.25) is 5.02 Å². The average Bonchev–Trinajstić information content (AvgIpc) is 2.45. The van der Waals surface area contributed by atoms with Crippen LogP contribution >= 0.6 is 27.5 Å². The highest BCUT2D eigenvalue weighted by Crippen LogP contribution is 2.33. The number of hydrogen-bond donors (Lipinski definition) is 0. The molecule has 0 bridgehead atoms. The van der Waals surface area contributed by atoms with Gasteiger partial charge >= 0.3 is 0 Å². The van der Waals surface area contributed by atoms with E-state index in [1.807, 2.05) is 6.08 Å². The lowest BCUT2D eigenvalue weighted by molar-refractivity contribution is -0.385. The van der Waals surface area contributed by atoms with E-state index in [1.54, 1.807) is 12.1 Å². The second kappa shape index (κ2) is 7.23. The Kier molecular flexibility index (Phi) is 5.61. The fourth-order valence-corrected chi connectivity index (χ4v) is 3.55. The van der Waals surface area contributed by atoms with E-state index in [4.69, 9.17) is 11.6 Å². The van der Waals surface area contributed by atoms with Gasteiger partial charge in [0.1, 0.15) is 0 Å². The summed E-state index contributed by atoms with van der Waals surface area (Å²) in [5.41, 5.74) is 1.95. The molecular weight excluding hydrogens is 342 g/mol. The van der Waals surface area contributed by atoms with Gasteiger partial charge in [-0.15, -0.1) is 0 Å². The molecule has 20 heavy (non-hydrogen) atoms. The van der Waals surface area contributed by atoms with Gasteiger partial charge in [-0.2, -0.15) is 0 Å². The van der Waals surface area contributed by atoms with Crippen molar-refractivity contribution in [1.82, 2.24) is 0 Å². The Morgan fingerprint density at radius 2 is 2.10 bits per heavy atom. The summed E-state index contributed by atoms with van der Waals surface area (Å²) in [6, 6.07) is 4.71. The highest BCUT2D eigenvalue weighted by Gasteiger charge is 2.19. The lowest BCUT2D eigenvalue weighted by atomic mass is 9.83. The van der Waals surface area contributed by atoms with Crippen molar-refractivity contribution in [2.24, 2.45) is 5.92 Å². The van der Waals surface area contributed by atoms with Crippen molar-refractivity contribution < 1.29 is 4.92 Å². The van der Waals surface area contributed by atoms with Crippen molar-refractivity contribution in [3.05, 3.63) is 44.5 Å². The Hall–Kier alpha value is -0.870. The fourth-order valence-electron chi connectivity index (χ4n) is 2.75. The standard InChI is InChI=1S/C15H17BrClNO2/c16-10-13(11-4-2-1-3-5-11)8-12-9-14(17)6-7-15(12)18(19)20/h6-9,11H,1-5,10H2/b13-8-. The van der Waals surface area contributed by atoms with Gasteiger partial charge in [0.05, 0.1) is 10.5 Å². The molecule has 1 aliphatic carbocycles. The minimum absolute atomic E-state index is 0.114. The van der Waals surface area contributed by atoms with Gasteiger partial charge in [-0.25, -0.2) is 0 Å². The van der Waals surface area contributed by atoms with Gasteiger partial charge in [0.25, 0.3) is 5.69 Å². The largest absolute Gasteiger partial charge is 0.276 e. The van der Waals surface area contributed by atoms with Gasteiger partial charge < -0.3 is 0 Å². The highest BCUT2D eigenvalue weighted by molar-refractivity contribution is 9.09. The molecule has 1 aromatic rings. The second-order valence-corrected chi connectivity index (χ2v) is 6.15. The van der Waals surface area contributed by atoms with Crippen molar-refractivity contribution in [2.75, 3.05) is 5.33 Å². The van der Waals surface area contributed by atoms with Crippen LogP contribution in [-0.4, -0.2) is 10.3 Å². The van der Waals surface area contributed by atoms with Crippen LogP contribution < -0.4 is 0 Å². The summed E-state index contributed by atoms with van der Waals surface area (Å²) in [6.45, 7) is 0. The van der Waals surface area contributed by atoms with Crippen LogP contribution in [0.5, 0.6) is 0 Å². The van der Waals surface area contributed by atoms with E-state index < -0.39 is 0 Å². The number of nitro groups is 1. The Morgan fingerprint density at radius 3 is 2.70 bits per heavy atom. The molecule has 0 unspecified atom stereocenters. The van der Waals surface area contributed by atoms with Crippen molar-refractivity contribution in [1.29, 1.82) is 0 Å². The summed E-state index contributed by atoms with van der Waals surface area (Å²) in [6.07, 6.45) is 8.06. The van der Waals surface area contributed by atoms with E-state index in [0.717, 1.165) is 5.33 Å². The molecule has 5 heteroatoms. The molecule has 0 heterocycles. The lowest BCUT2D eigenvalue weighted by Gasteiger charge is -2.23. The normalized spacial score (nSPS) is 17.2. The molecule has 108 valence electrons. The summed E-state index contributed by atoms with van der Waals surface area (Å²) < 4.78 is 0. The quantitative estimate of drug-likeness (QED) is 0.399. The number of hydrogen-bond acceptors (Lipinski definition) is 2. The van der Waals surface area contributed by atoms with Crippen LogP contribution in [0.15, 0.2) is 23.8 Å². The molecule has 2 rings (SSSR count). The molecule has 0 amide bonds. The number of halogens is 2. The lowest BCUT2D eigenvalue weighted by Crippen LogP contribution is -2.10. The first-order valence-corrected chi connectivity index (χ1v) is 8.32. The third kappa shape index (κ3) is 3.83. The topological polar surface area (TPSA) is 43.1 Å². The minimum Gasteiger partial charge on any atom is -0.258 e. The van der Waals surface area contributed by atoms with E-state index in [0.29, 0.717) is 16.5 Å². The van der Waals surface area contributed by atoms with Gasteiger partial charge in [0.15, 0.2) is 0 Å². The number of alkyl halides is 1. The van der Waals surface area contributed by atoms with Crippen molar-refractivity contribution in [3.8, 4) is 0 Å². The molecule has 1 aliphatic rings. The molecule has 0 aromatic heterocycles. The third-order valence-electron chi connectivity index (χ3n) is 3.81. The third-order valence-corrected chi connectivity index (χ3v) is 4.69. The molecule has 0 atom stereocenters. The summed E-state index contributed by atoms with van der Waals surface area (Å²) in [5, 5.41) is 12.4. The number of benzene rings is 1. The zero-order chi connectivity index (χ0) is 14.5. The molecule has 1 aromatic carbocycles. The first kappa shape index (κ1) is 15.5. The van der Waals surface area contributed by atoms with E-state index in [1.165, 1.54) is 43.7 Å². The van der Waals surface area contributed by atoms with Gasteiger partial charge in [0, 0.05) is 16.4 Å². The zero-order valence-corrected chi connectivity index (χ0v) is 13.5. The Labute approximate surface area is 132 Å². The molecule has 1 fully saturated rings. The van der Waals surface area contributed by atoms with Gasteiger partial charge in [-0.3, -0.25) is 10.1 Å². The van der Waals surface area contributed by atoms with Crippen molar-refractivity contribution in [3.63, 3.8) is 0 Å². The maximum Gasteiger partial charge on any atom is 0.276 e. The first-order chi connectivity index (χ1) is 9.61. The van der Waals surface area contributed by atoms with E-state index in [2.05, 4.69) is 15.9 Å². The number of rotatable bonds is 4. The van der Waals surface area contributed by atoms with E-state index in [9.17, 15) is 10.1 Å². The molecule has 0 radical (unpaired) electrons. The minimum atomic E-state index is -0.352. The molecular formula is C15H17BrClNO2. The molecule has 0 spiro atoms. The van der Waals surface area contributed by atoms with Gasteiger partial charge in [-0.05, 0) is 37.0 Å². The summed E-state index contributed by atoms with van der Waals surface area (Å²) >= 11 is 9.49. The number of allylic oxidation sites excluding steroid dienone is 1. The zero-order valence-electron chi connectivity index (χ0n) is 11.1. The number of nitro benzene ring substituents is 1. The maximum absolute atomic E-state index is 11.1. The predicted molar refractivity (Wildman–Crippen MR) is 86.5 cm³/mol. The fraction of sp³-hybridized carbons (Fsp3) is 0.467. The van der Waals surface area contributed by atoms with Crippen LogP contribution in [0.25, 0.3) is 6.08 Å². The maximum atomic E-state index is 11.1. The molecule has 0 saturated heterocycles. The highest BCUT2D eigenvalue weighted by atomic mass is 79.9. The van der Waals surface area contributed by atoms with Gasteiger partial charge in [-0.1, -0.05) is 52.4 Å². The van der Waals surface area contributed by atoms with Crippen LogP contribution in [0.4, 0.5) is 5.69 Å². The van der Waals surface area contributed by atoms with E-state index in [-0.39, 0.29) is 10.6 Å². The monoisotopic (exact) mass is 357 g/mol.